The van der Waals surface area contributed by atoms with E-state index in [0.29, 0.717) is 16.6 Å². The molecular weight excluding hydrogens is 363 g/mol. The first-order valence-corrected chi connectivity index (χ1v) is 8.06. The molecular formula is C19H17Cl3N2. The predicted molar refractivity (Wildman–Crippen MR) is 108 cm³/mol. The Hall–Kier alpha value is -1.74. The second kappa shape index (κ2) is 8.39. The van der Waals surface area contributed by atoms with Gasteiger partial charge >= 0.3 is 0 Å². The van der Waals surface area contributed by atoms with Crippen LogP contribution in [-0.4, -0.2) is 17.3 Å². The summed E-state index contributed by atoms with van der Waals surface area (Å²) in [5, 5.41) is 2.51. The summed E-state index contributed by atoms with van der Waals surface area (Å²) in [5.41, 5.74) is 3.23. The number of fused-ring (bicyclic) bond motifs is 1. The second-order valence-corrected chi connectivity index (χ2v) is 6.09. The Morgan fingerprint density at radius 1 is 1.08 bits per heavy atom. The molecule has 2 aromatic carbocycles. The van der Waals surface area contributed by atoms with Crippen LogP contribution >= 0.6 is 35.6 Å². The normalized spacial score (nSPS) is 11.5. The van der Waals surface area contributed by atoms with Crippen molar-refractivity contribution in [1.82, 2.24) is 4.57 Å². The quantitative estimate of drug-likeness (QED) is 0.492. The molecule has 124 valence electrons. The van der Waals surface area contributed by atoms with Crippen molar-refractivity contribution in [2.45, 2.75) is 0 Å². The molecule has 0 amide bonds. The van der Waals surface area contributed by atoms with E-state index in [-0.39, 0.29) is 12.4 Å². The number of para-hydroxylation sites is 1. The van der Waals surface area contributed by atoms with Crippen LogP contribution in [0.3, 0.4) is 0 Å². The van der Waals surface area contributed by atoms with E-state index >= 15 is 0 Å². The fraction of sp³-hybridized carbons (Fsp3) is 0.105. The van der Waals surface area contributed by atoms with Crippen molar-refractivity contribution < 1.29 is 0 Å². The fourth-order valence-electron chi connectivity index (χ4n) is 2.46. The number of aryl methyl sites for hydroxylation is 1. The highest BCUT2D eigenvalue weighted by atomic mass is 35.5. The maximum atomic E-state index is 6.13. The minimum atomic E-state index is 0. The largest absolute Gasteiger partial charge is 0.343 e. The van der Waals surface area contributed by atoms with Crippen LogP contribution in [0.4, 0.5) is 0 Å². The fourth-order valence-corrected chi connectivity index (χ4v) is 2.93. The smallest absolute Gasteiger partial charge is 0.0596 e. The molecule has 5 heteroatoms. The Morgan fingerprint density at radius 2 is 1.88 bits per heavy atom. The summed E-state index contributed by atoms with van der Waals surface area (Å²) in [6.07, 6.45) is 5.83. The Morgan fingerprint density at radius 3 is 2.62 bits per heavy atom. The van der Waals surface area contributed by atoms with Gasteiger partial charge in [0.15, 0.2) is 0 Å². The zero-order valence-electron chi connectivity index (χ0n) is 13.1. The van der Waals surface area contributed by atoms with E-state index in [0.717, 1.165) is 11.3 Å². The maximum Gasteiger partial charge on any atom is 0.0596 e. The van der Waals surface area contributed by atoms with E-state index in [1.807, 2.05) is 49.7 Å². The molecule has 0 aliphatic heterocycles. The SMILES string of the molecule is Cl.Cn1c(C=NC/C=C/c2ccc(Cl)cc2Cl)cc2ccccc21. The third kappa shape index (κ3) is 4.21. The van der Waals surface area contributed by atoms with Crippen molar-refractivity contribution in [3.05, 3.63) is 75.9 Å². The van der Waals surface area contributed by atoms with Crippen molar-refractivity contribution in [3.63, 3.8) is 0 Å². The summed E-state index contributed by atoms with van der Waals surface area (Å²) >= 11 is 12.0. The third-order valence-corrected chi connectivity index (χ3v) is 4.25. The lowest BCUT2D eigenvalue weighted by Crippen LogP contribution is -1.94. The summed E-state index contributed by atoms with van der Waals surface area (Å²) in [6.45, 7) is 0.598. The summed E-state index contributed by atoms with van der Waals surface area (Å²) in [4.78, 5) is 4.46. The van der Waals surface area contributed by atoms with Gasteiger partial charge in [-0.15, -0.1) is 12.4 Å². The van der Waals surface area contributed by atoms with Gasteiger partial charge in [-0.3, -0.25) is 4.99 Å². The van der Waals surface area contributed by atoms with Gasteiger partial charge in [0.25, 0.3) is 0 Å². The molecule has 0 N–H and O–H groups in total. The number of aromatic nitrogens is 1. The minimum Gasteiger partial charge on any atom is -0.343 e. The highest BCUT2D eigenvalue weighted by molar-refractivity contribution is 6.35. The van der Waals surface area contributed by atoms with Gasteiger partial charge in [0.05, 0.1) is 12.2 Å². The lowest BCUT2D eigenvalue weighted by molar-refractivity contribution is 0.957. The van der Waals surface area contributed by atoms with Crippen LogP contribution in [0.1, 0.15) is 11.3 Å². The highest BCUT2D eigenvalue weighted by Crippen LogP contribution is 2.22. The summed E-state index contributed by atoms with van der Waals surface area (Å²) in [7, 11) is 2.05. The molecule has 2 nitrogen and oxygen atoms in total. The summed E-state index contributed by atoms with van der Waals surface area (Å²) in [6, 6.07) is 15.9. The molecule has 3 aromatic rings. The summed E-state index contributed by atoms with van der Waals surface area (Å²) in [5.74, 6) is 0. The van der Waals surface area contributed by atoms with E-state index in [4.69, 9.17) is 23.2 Å². The van der Waals surface area contributed by atoms with Gasteiger partial charge in [-0.1, -0.05) is 59.6 Å². The van der Waals surface area contributed by atoms with E-state index in [2.05, 4.69) is 27.8 Å². The molecule has 0 spiro atoms. The van der Waals surface area contributed by atoms with Crippen LogP contribution in [-0.2, 0) is 7.05 Å². The number of nitrogens with zero attached hydrogens (tertiary/aromatic N) is 2. The highest BCUT2D eigenvalue weighted by Gasteiger charge is 2.01. The molecule has 0 aliphatic carbocycles. The number of benzene rings is 2. The van der Waals surface area contributed by atoms with Gasteiger partial charge in [0.1, 0.15) is 0 Å². The number of aliphatic imine (C=N–C) groups is 1. The Bertz CT molecular complexity index is 895. The molecule has 1 heterocycles. The maximum absolute atomic E-state index is 6.13. The van der Waals surface area contributed by atoms with Gasteiger partial charge in [-0.05, 0) is 29.8 Å². The predicted octanol–water partition coefficient (Wildman–Crippen LogP) is 6.04. The Kier molecular flexibility index (Phi) is 6.50. The Balaban J connectivity index is 0.00000208. The standard InChI is InChI=1S/C19H16Cl2N2.ClH/c1-23-17(11-15-5-2-3-7-19(15)23)13-22-10-4-6-14-8-9-16(20)12-18(14)21;/h2-9,11-13H,10H2,1H3;1H/b6-4+,22-13?;. The van der Waals surface area contributed by atoms with Crippen LogP contribution in [0.15, 0.2) is 59.6 Å². The molecule has 0 saturated heterocycles. The Labute approximate surface area is 157 Å². The number of hydrogen-bond donors (Lipinski definition) is 0. The average molecular weight is 380 g/mol. The minimum absolute atomic E-state index is 0. The molecule has 3 rings (SSSR count). The number of rotatable bonds is 4. The topological polar surface area (TPSA) is 17.3 Å². The van der Waals surface area contributed by atoms with Crippen molar-refractivity contribution >= 4 is 58.8 Å². The zero-order valence-corrected chi connectivity index (χ0v) is 15.4. The van der Waals surface area contributed by atoms with Crippen LogP contribution < -0.4 is 0 Å². The van der Waals surface area contributed by atoms with Crippen molar-refractivity contribution in [2.75, 3.05) is 6.54 Å². The van der Waals surface area contributed by atoms with Gasteiger partial charge in [-0.2, -0.15) is 0 Å². The van der Waals surface area contributed by atoms with Crippen molar-refractivity contribution in [3.8, 4) is 0 Å². The lowest BCUT2D eigenvalue weighted by atomic mass is 10.2. The molecule has 0 fully saturated rings. The molecule has 0 unspecified atom stereocenters. The molecule has 0 saturated carbocycles. The first-order valence-electron chi connectivity index (χ1n) is 7.31. The molecule has 0 bridgehead atoms. The molecule has 0 radical (unpaired) electrons. The second-order valence-electron chi connectivity index (χ2n) is 5.25. The monoisotopic (exact) mass is 378 g/mol. The summed E-state index contributed by atoms with van der Waals surface area (Å²) < 4.78 is 2.14. The molecule has 0 aliphatic rings. The molecule has 0 atom stereocenters. The molecule has 1 aromatic heterocycles. The zero-order chi connectivity index (χ0) is 16.2. The average Bonchev–Trinajstić information content (AvgIpc) is 2.86. The van der Waals surface area contributed by atoms with Crippen LogP contribution in [0.5, 0.6) is 0 Å². The van der Waals surface area contributed by atoms with Crippen molar-refractivity contribution in [2.24, 2.45) is 12.0 Å². The van der Waals surface area contributed by atoms with Crippen LogP contribution in [0.25, 0.3) is 17.0 Å². The van der Waals surface area contributed by atoms with Gasteiger partial charge in [-0.25, -0.2) is 0 Å². The lowest BCUT2D eigenvalue weighted by Gasteiger charge is -1.99. The first kappa shape index (κ1) is 18.6. The van der Waals surface area contributed by atoms with E-state index in [1.165, 1.54) is 10.9 Å². The van der Waals surface area contributed by atoms with Gasteiger partial charge in [0, 0.05) is 34.2 Å². The van der Waals surface area contributed by atoms with Crippen LogP contribution in [0.2, 0.25) is 10.0 Å². The van der Waals surface area contributed by atoms with E-state index in [9.17, 15) is 0 Å². The van der Waals surface area contributed by atoms with Gasteiger partial charge < -0.3 is 4.57 Å². The van der Waals surface area contributed by atoms with Crippen molar-refractivity contribution in [1.29, 1.82) is 0 Å². The van der Waals surface area contributed by atoms with Gasteiger partial charge in [0.2, 0.25) is 0 Å². The van der Waals surface area contributed by atoms with E-state index < -0.39 is 0 Å². The number of hydrogen-bond acceptors (Lipinski definition) is 1. The third-order valence-electron chi connectivity index (χ3n) is 3.68. The first-order chi connectivity index (χ1) is 11.1. The number of halogens is 3. The van der Waals surface area contributed by atoms with Crippen LogP contribution in [0, 0.1) is 0 Å². The molecule has 24 heavy (non-hydrogen) atoms. The van der Waals surface area contributed by atoms with E-state index in [1.54, 1.807) is 6.07 Å².